The number of hydrogen-bond donors (Lipinski definition) is 2. The number of hydroxylamine groups is 2. The van der Waals surface area contributed by atoms with Crippen LogP contribution in [-0.2, 0) is 9.63 Å². The first kappa shape index (κ1) is 13.6. The Balaban J connectivity index is 1.91. The van der Waals surface area contributed by atoms with E-state index in [0.717, 1.165) is 19.4 Å². The van der Waals surface area contributed by atoms with Crippen LogP contribution in [0.2, 0.25) is 0 Å². The summed E-state index contributed by atoms with van der Waals surface area (Å²) in [5, 5.41) is 4.45. The molecule has 0 spiro atoms. The zero-order valence-electron chi connectivity index (χ0n) is 11.0. The number of anilines is 2. The number of ether oxygens (including phenoxy) is 1. The second kappa shape index (κ2) is 6.40. The van der Waals surface area contributed by atoms with Gasteiger partial charge in [0.15, 0.2) is 0 Å². The monoisotopic (exact) mass is 265 g/mol. The van der Waals surface area contributed by atoms with Gasteiger partial charge in [-0.2, -0.15) is 5.06 Å². The van der Waals surface area contributed by atoms with Gasteiger partial charge >= 0.3 is 0 Å². The van der Waals surface area contributed by atoms with E-state index < -0.39 is 0 Å². The molecular formula is C13H19N3O3. The highest BCUT2D eigenvalue weighted by molar-refractivity contribution is 5.95. The summed E-state index contributed by atoms with van der Waals surface area (Å²) in [5.41, 5.74) is 6.90. The lowest BCUT2D eigenvalue weighted by molar-refractivity contribution is -0.182. The molecule has 2 rings (SSSR count). The van der Waals surface area contributed by atoms with Gasteiger partial charge in [-0.15, -0.1) is 0 Å². The van der Waals surface area contributed by atoms with Crippen LogP contribution in [0, 0.1) is 0 Å². The molecule has 0 aromatic heterocycles. The van der Waals surface area contributed by atoms with E-state index in [2.05, 4.69) is 5.32 Å². The van der Waals surface area contributed by atoms with Gasteiger partial charge in [0.2, 0.25) is 5.91 Å². The van der Waals surface area contributed by atoms with E-state index in [9.17, 15) is 4.79 Å². The average molecular weight is 265 g/mol. The van der Waals surface area contributed by atoms with Crippen molar-refractivity contribution in [3.63, 3.8) is 0 Å². The van der Waals surface area contributed by atoms with E-state index >= 15 is 0 Å². The van der Waals surface area contributed by atoms with E-state index in [0.29, 0.717) is 23.7 Å². The van der Waals surface area contributed by atoms with Crippen LogP contribution < -0.4 is 15.8 Å². The smallest absolute Gasteiger partial charge is 0.241 e. The number of nitrogens with two attached hydrogens (primary N) is 1. The standard InChI is InChI=1S/C13H19N3O3/c1-18-10-4-5-12(11(14)8-10)15-13(17)9-16-6-2-3-7-19-16/h4-5,8H,2-3,6-7,9,14H2,1H3,(H,15,17). The molecule has 0 saturated carbocycles. The van der Waals surface area contributed by atoms with Crippen molar-refractivity contribution in [3.05, 3.63) is 18.2 Å². The highest BCUT2D eigenvalue weighted by Gasteiger charge is 2.15. The van der Waals surface area contributed by atoms with Gasteiger partial charge in [-0.1, -0.05) is 0 Å². The molecule has 0 atom stereocenters. The van der Waals surface area contributed by atoms with Gasteiger partial charge in [0.1, 0.15) is 12.3 Å². The van der Waals surface area contributed by atoms with Gasteiger partial charge in [-0.25, -0.2) is 0 Å². The minimum atomic E-state index is -0.140. The first-order valence-corrected chi connectivity index (χ1v) is 6.30. The highest BCUT2D eigenvalue weighted by Crippen LogP contribution is 2.23. The fourth-order valence-electron chi connectivity index (χ4n) is 1.90. The Hall–Kier alpha value is -1.79. The molecule has 19 heavy (non-hydrogen) atoms. The molecule has 1 aromatic carbocycles. The fraction of sp³-hybridized carbons (Fsp3) is 0.462. The first-order chi connectivity index (χ1) is 9.19. The summed E-state index contributed by atoms with van der Waals surface area (Å²) in [6.07, 6.45) is 2.10. The number of hydrogen-bond acceptors (Lipinski definition) is 5. The second-order valence-electron chi connectivity index (χ2n) is 4.41. The van der Waals surface area contributed by atoms with E-state index in [1.54, 1.807) is 30.4 Å². The van der Waals surface area contributed by atoms with E-state index in [1.807, 2.05) is 0 Å². The van der Waals surface area contributed by atoms with E-state index in [-0.39, 0.29) is 12.5 Å². The maximum absolute atomic E-state index is 11.9. The Morgan fingerprint density at radius 2 is 2.37 bits per heavy atom. The van der Waals surface area contributed by atoms with Crippen LogP contribution in [0.5, 0.6) is 5.75 Å². The SMILES string of the molecule is COc1ccc(NC(=O)CN2CCCCO2)c(N)c1. The van der Waals surface area contributed by atoms with Crippen molar-refractivity contribution in [2.75, 3.05) is 37.9 Å². The largest absolute Gasteiger partial charge is 0.497 e. The topological polar surface area (TPSA) is 76.8 Å². The zero-order valence-corrected chi connectivity index (χ0v) is 11.0. The van der Waals surface area contributed by atoms with Crippen molar-refractivity contribution < 1.29 is 14.4 Å². The molecule has 1 aliphatic heterocycles. The number of carbonyl (C=O) groups is 1. The molecule has 1 aliphatic rings. The Bertz CT molecular complexity index is 445. The number of nitrogens with zero attached hydrogens (tertiary/aromatic N) is 1. The predicted molar refractivity (Wildman–Crippen MR) is 72.8 cm³/mol. The maximum Gasteiger partial charge on any atom is 0.241 e. The normalized spacial score (nSPS) is 16.1. The Morgan fingerprint density at radius 1 is 1.53 bits per heavy atom. The van der Waals surface area contributed by atoms with Gasteiger partial charge in [0, 0.05) is 12.6 Å². The van der Waals surface area contributed by atoms with Crippen molar-refractivity contribution in [2.45, 2.75) is 12.8 Å². The van der Waals surface area contributed by atoms with E-state index in [1.165, 1.54) is 0 Å². The van der Waals surface area contributed by atoms with Crippen LogP contribution in [0.4, 0.5) is 11.4 Å². The molecule has 0 radical (unpaired) electrons. The molecule has 0 aliphatic carbocycles. The van der Waals surface area contributed by atoms with Crippen LogP contribution in [0.25, 0.3) is 0 Å². The lowest BCUT2D eigenvalue weighted by Gasteiger charge is -2.25. The number of benzene rings is 1. The third kappa shape index (κ3) is 3.84. The number of nitrogen functional groups attached to an aromatic ring is 1. The van der Waals surface area contributed by atoms with Gasteiger partial charge in [-0.05, 0) is 25.0 Å². The molecular weight excluding hydrogens is 246 g/mol. The highest BCUT2D eigenvalue weighted by atomic mass is 16.7. The lowest BCUT2D eigenvalue weighted by atomic mass is 10.2. The molecule has 1 heterocycles. The maximum atomic E-state index is 11.9. The molecule has 0 bridgehead atoms. The number of carbonyl (C=O) groups excluding carboxylic acids is 1. The minimum Gasteiger partial charge on any atom is -0.497 e. The van der Waals surface area contributed by atoms with Crippen LogP contribution in [-0.4, -0.2) is 37.8 Å². The summed E-state index contributed by atoms with van der Waals surface area (Å²) in [6.45, 7) is 1.68. The minimum absolute atomic E-state index is 0.140. The first-order valence-electron chi connectivity index (χ1n) is 6.30. The molecule has 1 amide bonds. The van der Waals surface area contributed by atoms with Crippen LogP contribution in [0.15, 0.2) is 18.2 Å². The molecule has 6 heteroatoms. The number of methoxy groups -OCH3 is 1. The Labute approximate surface area is 112 Å². The number of amides is 1. The molecule has 1 aromatic rings. The molecule has 104 valence electrons. The van der Waals surface area contributed by atoms with Gasteiger partial charge in [0.05, 0.1) is 25.1 Å². The van der Waals surface area contributed by atoms with Crippen molar-refractivity contribution in [1.29, 1.82) is 0 Å². The van der Waals surface area contributed by atoms with Crippen LogP contribution >= 0.6 is 0 Å². The second-order valence-corrected chi connectivity index (χ2v) is 4.41. The average Bonchev–Trinajstić information content (AvgIpc) is 2.42. The molecule has 1 saturated heterocycles. The Kier molecular flexibility index (Phi) is 4.59. The summed E-state index contributed by atoms with van der Waals surface area (Å²) in [4.78, 5) is 17.2. The summed E-state index contributed by atoms with van der Waals surface area (Å²) < 4.78 is 5.06. The fourth-order valence-corrected chi connectivity index (χ4v) is 1.90. The summed E-state index contributed by atoms with van der Waals surface area (Å²) in [7, 11) is 1.57. The van der Waals surface area contributed by atoms with Crippen molar-refractivity contribution in [1.82, 2.24) is 5.06 Å². The van der Waals surface area contributed by atoms with Crippen molar-refractivity contribution >= 4 is 17.3 Å². The third-order valence-corrected chi connectivity index (χ3v) is 2.93. The Morgan fingerprint density at radius 3 is 3.00 bits per heavy atom. The van der Waals surface area contributed by atoms with Crippen molar-refractivity contribution in [2.24, 2.45) is 0 Å². The van der Waals surface area contributed by atoms with E-state index in [4.69, 9.17) is 15.3 Å². The predicted octanol–water partition coefficient (Wildman–Crippen LogP) is 1.24. The quantitative estimate of drug-likeness (QED) is 0.801. The summed E-state index contributed by atoms with van der Waals surface area (Å²) in [5.74, 6) is 0.522. The van der Waals surface area contributed by atoms with Crippen LogP contribution in [0.1, 0.15) is 12.8 Å². The molecule has 3 N–H and O–H groups in total. The summed E-state index contributed by atoms with van der Waals surface area (Å²) >= 11 is 0. The number of nitrogens with one attached hydrogen (secondary N) is 1. The lowest BCUT2D eigenvalue weighted by Crippen LogP contribution is -2.37. The van der Waals surface area contributed by atoms with Crippen molar-refractivity contribution in [3.8, 4) is 5.75 Å². The molecule has 6 nitrogen and oxygen atoms in total. The van der Waals surface area contributed by atoms with Gasteiger partial charge in [0.25, 0.3) is 0 Å². The zero-order chi connectivity index (χ0) is 13.7. The summed E-state index contributed by atoms with van der Waals surface area (Å²) in [6, 6.07) is 5.15. The molecule has 1 fully saturated rings. The van der Waals surface area contributed by atoms with Gasteiger partial charge in [-0.3, -0.25) is 9.63 Å². The van der Waals surface area contributed by atoms with Gasteiger partial charge < -0.3 is 15.8 Å². The van der Waals surface area contributed by atoms with Crippen LogP contribution in [0.3, 0.4) is 0 Å². The number of rotatable bonds is 4. The third-order valence-electron chi connectivity index (χ3n) is 2.93. The molecule has 0 unspecified atom stereocenters.